The average Bonchev–Trinajstić information content (AvgIpc) is 3.20. The van der Waals surface area contributed by atoms with E-state index in [-0.39, 0.29) is 18.2 Å². The summed E-state index contributed by atoms with van der Waals surface area (Å²) >= 11 is 1.46. The standard InChI is InChI=1S/C23H19N5O2S/c29-20-13-19(21(30)24-18-11-10-16-8-4-5-9-17(16)12-18)28-22(25-20)26-23(27-28)31-14-15-6-2-1-3-7-15/h1-12,19H,13-14H2,(H,24,30)(H,25,26,27,29). The molecule has 0 fully saturated rings. The number of hydrogen-bond donors (Lipinski definition) is 2. The number of fused-ring (bicyclic) bond motifs is 2. The molecule has 31 heavy (non-hydrogen) atoms. The summed E-state index contributed by atoms with van der Waals surface area (Å²) in [5.74, 6) is 0.450. The number of benzene rings is 3. The molecule has 1 aliphatic heterocycles. The van der Waals surface area contributed by atoms with Crippen molar-refractivity contribution < 1.29 is 9.59 Å². The highest BCUT2D eigenvalue weighted by Gasteiger charge is 2.33. The second-order valence-corrected chi connectivity index (χ2v) is 8.20. The molecule has 1 unspecified atom stereocenters. The minimum absolute atomic E-state index is 0.0125. The van der Waals surface area contributed by atoms with Crippen LogP contribution in [-0.2, 0) is 15.3 Å². The molecule has 0 saturated carbocycles. The molecule has 1 aromatic heterocycles. The van der Waals surface area contributed by atoms with E-state index in [0.29, 0.717) is 22.5 Å². The van der Waals surface area contributed by atoms with Crippen molar-refractivity contribution in [3.05, 3.63) is 78.4 Å². The Balaban J connectivity index is 1.35. The first-order valence-electron chi connectivity index (χ1n) is 9.88. The van der Waals surface area contributed by atoms with Crippen molar-refractivity contribution in [1.29, 1.82) is 0 Å². The van der Waals surface area contributed by atoms with Gasteiger partial charge in [0.2, 0.25) is 22.9 Å². The highest BCUT2D eigenvalue weighted by molar-refractivity contribution is 7.98. The van der Waals surface area contributed by atoms with E-state index in [9.17, 15) is 9.59 Å². The number of nitrogens with zero attached hydrogens (tertiary/aromatic N) is 3. The van der Waals surface area contributed by atoms with Crippen LogP contribution in [0.25, 0.3) is 10.8 Å². The molecule has 4 aromatic rings. The topological polar surface area (TPSA) is 88.9 Å². The van der Waals surface area contributed by atoms with Gasteiger partial charge in [-0.2, -0.15) is 4.98 Å². The van der Waals surface area contributed by atoms with Crippen LogP contribution >= 0.6 is 11.8 Å². The number of thioether (sulfide) groups is 1. The smallest absolute Gasteiger partial charge is 0.249 e. The molecular weight excluding hydrogens is 410 g/mol. The van der Waals surface area contributed by atoms with Crippen LogP contribution in [0.1, 0.15) is 18.0 Å². The van der Waals surface area contributed by atoms with E-state index in [1.54, 1.807) is 0 Å². The van der Waals surface area contributed by atoms with Gasteiger partial charge in [-0.1, -0.05) is 72.4 Å². The molecule has 0 spiro atoms. The number of rotatable bonds is 5. The van der Waals surface area contributed by atoms with Gasteiger partial charge in [0.1, 0.15) is 6.04 Å². The second kappa shape index (κ2) is 8.23. The van der Waals surface area contributed by atoms with E-state index in [1.807, 2.05) is 72.8 Å². The van der Waals surface area contributed by atoms with Crippen LogP contribution in [0.5, 0.6) is 0 Å². The predicted molar refractivity (Wildman–Crippen MR) is 121 cm³/mol. The zero-order chi connectivity index (χ0) is 21.2. The van der Waals surface area contributed by atoms with E-state index in [4.69, 9.17) is 0 Å². The molecule has 1 aliphatic rings. The lowest BCUT2D eigenvalue weighted by Crippen LogP contribution is -2.36. The fraction of sp³-hybridized carbons (Fsp3) is 0.130. The third-order valence-corrected chi connectivity index (χ3v) is 5.98. The Bertz CT molecular complexity index is 1270. The molecule has 2 amide bonds. The largest absolute Gasteiger partial charge is 0.324 e. The number of anilines is 2. The minimum atomic E-state index is -0.756. The Kier molecular flexibility index (Phi) is 5.13. The summed E-state index contributed by atoms with van der Waals surface area (Å²) < 4.78 is 1.51. The SMILES string of the molecule is O=C1CC(C(=O)Nc2ccc3ccccc3c2)n2nc(SCc3ccccc3)nc2N1. The first-order valence-corrected chi connectivity index (χ1v) is 10.9. The van der Waals surface area contributed by atoms with Gasteiger partial charge in [0, 0.05) is 11.4 Å². The van der Waals surface area contributed by atoms with E-state index < -0.39 is 6.04 Å². The molecule has 0 bridgehead atoms. The zero-order valence-electron chi connectivity index (χ0n) is 16.5. The van der Waals surface area contributed by atoms with Crippen molar-refractivity contribution in [3.8, 4) is 0 Å². The van der Waals surface area contributed by atoms with Crippen molar-refractivity contribution in [3.63, 3.8) is 0 Å². The van der Waals surface area contributed by atoms with Gasteiger partial charge in [-0.15, -0.1) is 5.10 Å². The molecule has 1 atom stereocenters. The van der Waals surface area contributed by atoms with Crippen molar-refractivity contribution in [2.24, 2.45) is 0 Å². The number of carbonyl (C=O) groups is 2. The maximum Gasteiger partial charge on any atom is 0.249 e. The fourth-order valence-electron chi connectivity index (χ4n) is 3.52. The summed E-state index contributed by atoms with van der Waals surface area (Å²) in [6.07, 6.45) is 0.0125. The van der Waals surface area contributed by atoms with E-state index >= 15 is 0 Å². The Morgan fingerprint density at radius 1 is 1.06 bits per heavy atom. The number of nitrogens with one attached hydrogen (secondary N) is 2. The fourth-order valence-corrected chi connectivity index (χ4v) is 4.31. The number of carbonyl (C=O) groups excluding carboxylic acids is 2. The first kappa shape index (κ1) is 19.3. The number of hydrogen-bond acceptors (Lipinski definition) is 5. The molecule has 8 heteroatoms. The molecule has 2 heterocycles. The van der Waals surface area contributed by atoms with Gasteiger partial charge in [0.25, 0.3) is 0 Å². The van der Waals surface area contributed by atoms with Gasteiger partial charge in [-0.3, -0.25) is 14.9 Å². The molecule has 0 radical (unpaired) electrons. The number of amides is 2. The lowest BCUT2D eigenvalue weighted by molar-refractivity contribution is -0.125. The van der Waals surface area contributed by atoms with Crippen LogP contribution in [-0.4, -0.2) is 26.6 Å². The van der Waals surface area contributed by atoms with Crippen molar-refractivity contribution in [1.82, 2.24) is 14.8 Å². The Labute approximate surface area is 182 Å². The minimum Gasteiger partial charge on any atom is -0.324 e. The second-order valence-electron chi connectivity index (χ2n) is 7.26. The maximum atomic E-state index is 13.0. The van der Waals surface area contributed by atoms with Crippen LogP contribution in [0.4, 0.5) is 11.6 Å². The average molecular weight is 430 g/mol. The summed E-state index contributed by atoms with van der Waals surface area (Å²) in [5, 5.41) is 12.8. The molecule has 154 valence electrons. The summed E-state index contributed by atoms with van der Waals surface area (Å²) in [5.41, 5.74) is 1.82. The molecule has 5 rings (SSSR count). The summed E-state index contributed by atoms with van der Waals surface area (Å²) in [7, 11) is 0. The maximum absolute atomic E-state index is 13.0. The monoisotopic (exact) mass is 429 g/mol. The molecule has 0 saturated heterocycles. The van der Waals surface area contributed by atoms with Crippen LogP contribution in [0.2, 0.25) is 0 Å². The third kappa shape index (κ3) is 4.15. The third-order valence-electron chi connectivity index (χ3n) is 5.07. The number of aromatic nitrogens is 3. The normalized spacial score (nSPS) is 15.4. The van der Waals surface area contributed by atoms with Gasteiger partial charge >= 0.3 is 0 Å². The van der Waals surface area contributed by atoms with E-state index in [1.165, 1.54) is 16.4 Å². The molecular formula is C23H19N5O2S. The molecule has 0 aliphatic carbocycles. The lowest BCUT2D eigenvalue weighted by atomic mass is 10.1. The Morgan fingerprint density at radius 2 is 1.84 bits per heavy atom. The summed E-state index contributed by atoms with van der Waals surface area (Å²) in [6, 6.07) is 22.9. The van der Waals surface area contributed by atoms with Gasteiger partial charge < -0.3 is 5.32 Å². The highest BCUT2D eigenvalue weighted by Crippen LogP contribution is 2.29. The highest BCUT2D eigenvalue weighted by atomic mass is 32.2. The van der Waals surface area contributed by atoms with E-state index in [0.717, 1.165) is 16.3 Å². The molecule has 7 nitrogen and oxygen atoms in total. The van der Waals surface area contributed by atoms with Crippen molar-refractivity contribution in [2.75, 3.05) is 10.6 Å². The van der Waals surface area contributed by atoms with Crippen LogP contribution < -0.4 is 10.6 Å². The van der Waals surface area contributed by atoms with Crippen molar-refractivity contribution in [2.45, 2.75) is 23.4 Å². The van der Waals surface area contributed by atoms with Gasteiger partial charge in [-0.25, -0.2) is 4.68 Å². The van der Waals surface area contributed by atoms with Crippen molar-refractivity contribution >= 4 is 46.0 Å². The van der Waals surface area contributed by atoms with Crippen LogP contribution in [0.3, 0.4) is 0 Å². The van der Waals surface area contributed by atoms with Crippen LogP contribution in [0, 0.1) is 0 Å². The van der Waals surface area contributed by atoms with Gasteiger partial charge in [0.05, 0.1) is 6.42 Å². The lowest BCUT2D eigenvalue weighted by Gasteiger charge is -2.22. The first-order chi connectivity index (χ1) is 15.2. The molecule has 2 N–H and O–H groups in total. The summed E-state index contributed by atoms with van der Waals surface area (Å²) in [6.45, 7) is 0. The zero-order valence-corrected chi connectivity index (χ0v) is 17.3. The summed E-state index contributed by atoms with van der Waals surface area (Å²) in [4.78, 5) is 29.6. The predicted octanol–water partition coefficient (Wildman–Crippen LogP) is 4.25. The molecule has 3 aromatic carbocycles. The Morgan fingerprint density at radius 3 is 2.68 bits per heavy atom. The van der Waals surface area contributed by atoms with Gasteiger partial charge in [-0.05, 0) is 28.5 Å². The Hall–Kier alpha value is -3.65. The van der Waals surface area contributed by atoms with E-state index in [2.05, 4.69) is 20.7 Å². The quantitative estimate of drug-likeness (QED) is 0.463. The van der Waals surface area contributed by atoms with Crippen LogP contribution in [0.15, 0.2) is 78.0 Å². The van der Waals surface area contributed by atoms with Gasteiger partial charge in [0.15, 0.2) is 0 Å².